The van der Waals surface area contributed by atoms with Crippen molar-refractivity contribution in [3.05, 3.63) is 47.8 Å². The fourth-order valence-corrected chi connectivity index (χ4v) is 2.89. The van der Waals surface area contributed by atoms with E-state index < -0.39 is 0 Å². The van der Waals surface area contributed by atoms with Gasteiger partial charge < -0.3 is 10.3 Å². The molecule has 1 aromatic carbocycles. The van der Waals surface area contributed by atoms with E-state index in [4.69, 9.17) is 5.73 Å². The van der Waals surface area contributed by atoms with Gasteiger partial charge in [-0.2, -0.15) is 0 Å². The van der Waals surface area contributed by atoms with Gasteiger partial charge in [0.15, 0.2) is 5.16 Å². The summed E-state index contributed by atoms with van der Waals surface area (Å²) in [5.74, 6) is 0.845. The Bertz CT molecular complexity index is 504. The molecule has 0 spiro atoms. The van der Waals surface area contributed by atoms with Crippen molar-refractivity contribution in [3.63, 3.8) is 0 Å². The molecule has 0 aliphatic carbocycles. The molecule has 0 bridgehead atoms. The maximum absolute atomic E-state index is 6.23. The lowest BCUT2D eigenvalue weighted by Gasteiger charge is -2.12. The zero-order valence-corrected chi connectivity index (χ0v) is 12.4. The summed E-state index contributed by atoms with van der Waals surface area (Å²) in [5.41, 5.74) is 8.81. The molecule has 0 amide bonds. The highest BCUT2D eigenvalue weighted by Gasteiger charge is 2.08. The predicted octanol–water partition coefficient (Wildman–Crippen LogP) is 3.16. The van der Waals surface area contributed by atoms with Crippen LogP contribution in [-0.2, 0) is 13.5 Å². The van der Waals surface area contributed by atoms with E-state index in [9.17, 15) is 0 Å². The highest BCUT2D eigenvalue weighted by atomic mass is 32.2. The number of nitrogens with zero attached hydrogens (tertiary/aromatic N) is 2. The first-order chi connectivity index (χ1) is 9.20. The summed E-state index contributed by atoms with van der Waals surface area (Å²) < 4.78 is 2.02. The van der Waals surface area contributed by atoms with Crippen LogP contribution in [0, 0.1) is 0 Å². The topological polar surface area (TPSA) is 43.8 Å². The van der Waals surface area contributed by atoms with E-state index in [1.165, 1.54) is 17.5 Å². The molecule has 0 fully saturated rings. The molecule has 3 nitrogen and oxygen atoms in total. The second kappa shape index (κ2) is 6.78. The van der Waals surface area contributed by atoms with E-state index in [2.05, 4.69) is 36.2 Å². The van der Waals surface area contributed by atoms with Crippen molar-refractivity contribution in [2.75, 3.05) is 5.75 Å². The zero-order chi connectivity index (χ0) is 13.7. The zero-order valence-electron chi connectivity index (χ0n) is 11.5. The van der Waals surface area contributed by atoms with Crippen LogP contribution in [0.3, 0.4) is 0 Å². The first kappa shape index (κ1) is 14.2. The van der Waals surface area contributed by atoms with Gasteiger partial charge in [0.05, 0.1) is 0 Å². The number of imidazole rings is 1. The normalized spacial score (nSPS) is 12.6. The van der Waals surface area contributed by atoms with Crippen LogP contribution in [0.25, 0.3) is 0 Å². The summed E-state index contributed by atoms with van der Waals surface area (Å²) in [6.45, 7) is 2.20. The summed E-state index contributed by atoms with van der Waals surface area (Å²) in [7, 11) is 2.00. The highest BCUT2D eigenvalue weighted by molar-refractivity contribution is 7.99. The van der Waals surface area contributed by atoms with Crippen molar-refractivity contribution in [1.82, 2.24) is 9.55 Å². The van der Waals surface area contributed by atoms with Gasteiger partial charge in [-0.25, -0.2) is 4.98 Å². The van der Waals surface area contributed by atoms with Gasteiger partial charge in [-0.1, -0.05) is 49.4 Å². The molecule has 1 atom stereocenters. The number of hydrogen-bond donors (Lipinski definition) is 1. The Labute approximate surface area is 119 Å². The highest BCUT2D eigenvalue weighted by Crippen LogP contribution is 2.22. The largest absolute Gasteiger partial charge is 0.329 e. The van der Waals surface area contributed by atoms with E-state index >= 15 is 0 Å². The van der Waals surface area contributed by atoms with Gasteiger partial charge in [0.2, 0.25) is 0 Å². The van der Waals surface area contributed by atoms with Crippen molar-refractivity contribution in [2.24, 2.45) is 12.8 Å². The van der Waals surface area contributed by atoms with Crippen molar-refractivity contribution in [2.45, 2.75) is 31.0 Å². The maximum Gasteiger partial charge on any atom is 0.167 e. The molecule has 1 unspecified atom stereocenters. The molecule has 2 aromatic rings. The average molecular weight is 275 g/mol. The third-order valence-electron chi connectivity index (χ3n) is 3.12. The summed E-state index contributed by atoms with van der Waals surface area (Å²) in [6.07, 6.45) is 6.08. The van der Waals surface area contributed by atoms with Crippen molar-refractivity contribution < 1.29 is 0 Å². The van der Waals surface area contributed by atoms with Crippen LogP contribution in [0.2, 0.25) is 0 Å². The molecule has 0 radical (unpaired) electrons. The molecule has 2 N–H and O–H groups in total. The third-order valence-corrected chi connectivity index (χ3v) is 4.29. The van der Waals surface area contributed by atoms with Crippen LogP contribution < -0.4 is 5.73 Å². The third kappa shape index (κ3) is 3.85. The second-order valence-electron chi connectivity index (χ2n) is 4.73. The number of nitrogens with two attached hydrogens (primary N) is 1. The summed E-state index contributed by atoms with van der Waals surface area (Å²) >= 11 is 1.70. The molecule has 1 aromatic heterocycles. The van der Waals surface area contributed by atoms with Crippen LogP contribution in [0.1, 0.15) is 30.5 Å². The van der Waals surface area contributed by atoms with Crippen LogP contribution in [0.4, 0.5) is 0 Å². The first-order valence-corrected chi connectivity index (χ1v) is 7.63. The van der Waals surface area contributed by atoms with Gasteiger partial charge in [-0.05, 0) is 17.5 Å². The maximum atomic E-state index is 6.23. The Morgan fingerprint density at radius 3 is 2.63 bits per heavy atom. The van der Waals surface area contributed by atoms with Gasteiger partial charge in [-0.3, -0.25) is 0 Å². The molecule has 0 aliphatic rings. The van der Waals surface area contributed by atoms with E-state index in [0.29, 0.717) is 0 Å². The monoisotopic (exact) mass is 275 g/mol. The van der Waals surface area contributed by atoms with Crippen LogP contribution >= 0.6 is 11.8 Å². The molecule has 1 heterocycles. The molecular formula is C15H21N3S. The SMILES string of the molecule is CCCc1ccc(C(N)CSc2nccn2C)cc1. The second-order valence-corrected chi connectivity index (χ2v) is 5.72. The quantitative estimate of drug-likeness (QED) is 0.824. The summed E-state index contributed by atoms with van der Waals surface area (Å²) in [5, 5.41) is 1.01. The lowest BCUT2D eigenvalue weighted by atomic mass is 10.0. The minimum Gasteiger partial charge on any atom is -0.329 e. The molecule has 4 heteroatoms. The number of rotatable bonds is 6. The summed E-state index contributed by atoms with van der Waals surface area (Å²) in [4.78, 5) is 4.29. The Kier molecular flexibility index (Phi) is 5.05. The van der Waals surface area contributed by atoms with Gasteiger partial charge in [-0.15, -0.1) is 0 Å². The Balaban J connectivity index is 1.92. The van der Waals surface area contributed by atoms with E-state index in [0.717, 1.165) is 17.3 Å². The molecule has 19 heavy (non-hydrogen) atoms. The molecular weight excluding hydrogens is 254 g/mol. The number of thioether (sulfide) groups is 1. The molecule has 102 valence electrons. The van der Waals surface area contributed by atoms with E-state index in [1.807, 2.05) is 24.0 Å². The Morgan fingerprint density at radius 2 is 2.05 bits per heavy atom. The average Bonchev–Trinajstić information content (AvgIpc) is 2.83. The predicted molar refractivity (Wildman–Crippen MR) is 81.3 cm³/mol. The van der Waals surface area contributed by atoms with Gasteiger partial charge in [0, 0.05) is 31.2 Å². The number of benzene rings is 1. The number of hydrogen-bond acceptors (Lipinski definition) is 3. The van der Waals surface area contributed by atoms with Crippen LogP contribution in [-0.4, -0.2) is 15.3 Å². The lowest BCUT2D eigenvalue weighted by molar-refractivity contribution is 0.779. The minimum absolute atomic E-state index is 0.0531. The molecule has 0 aliphatic heterocycles. The summed E-state index contributed by atoms with van der Waals surface area (Å²) in [6, 6.07) is 8.72. The van der Waals surface area contributed by atoms with Crippen LogP contribution in [0.5, 0.6) is 0 Å². The van der Waals surface area contributed by atoms with Gasteiger partial charge in [0.1, 0.15) is 0 Å². The minimum atomic E-state index is 0.0531. The Hall–Kier alpha value is -1.26. The van der Waals surface area contributed by atoms with Crippen molar-refractivity contribution >= 4 is 11.8 Å². The van der Waals surface area contributed by atoms with E-state index in [-0.39, 0.29) is 6.04 Å². The first-order valence-electron chi connectivity index (χ1n) is 6.65. The fraction of sp³-hybridized carbons (Fsp3) is 0.400. The fourth-order valence-electron chi connectivity index (χ4n) is 1.97. The molecule has 2 rings (SSSR count). The van der Waals surface area contributed by atoms with Crippen molar-refractivity contribution in [3.8, 4) is 0 Å². The smallest absolute Gasteiger partial charge is 0.167 e. The number of aryl methyl sites for hydroxylation is 2. The van der Waals surface area contributed by atoms with Gasteiger partial charge >= 0.3 is 0 Å². The number of aromatic nitrogens is 2. The molecule has 0 saturated carbocycles. The Morgan fingerprint density at radius 1 is 1.32 bits per heavy atom. The molecule has 0 saturated heterocycles. The van der Waals surface area contributed by atoms with E-state index in [1.54, 1.807) is 11.8 Å². The standard InChI is InChI=1S/C15H21N3S/c1-3-4-12-5-7-13(8-6-12)14(16)11-19-15-17-9-10-18(15)2/h5-10,14H,3-4,11,16H2,1-2H3. The van der Waals surface area contributed by atoms with Crippen molar-refractivity contribution in [1.29, 1.82) is 0 Å². The van der Waals surface area contributed by atoms with Crippen LogP contribution in [0.15, 0.2) is 41.8 Å². The lowest BCUT2D eigenvalue weighted by Crippen LogP contribution is -2.13. The van der Waals surface area contributed by atoms with Gasteiger partial charge in [0.25, 0.3) is 0 Å².